The van der Waals surface area contributed by atoms with Crippen molar-refractivity contribution >= 4 is 5.91 Å². The van der Waals surface area contributed by atoms with Crippen LogP contribution in [0.4, 0.5) is 4.39 Å². The molecule has 2 N–H and O–H groups in total. The number of rotatable bonds is 7. The van der Waals surface area contributed by atoms with Crippen molar-refractivity contribution < 1.29 is 13.9 Å². The lowest BCUT2D eigenvalue weighted by Gasteiger charge is -2.20. The van der Waals surface area contributed by atoms with Gasteiger partial charge in [-0.2, -0.15) is 0 Å². The third kappa shape index (κ3) is 4.49. The summed E-state index contributed by atoms with van der Waals surface area (Å²) in [7, 11) is 1.55. The van der Waals surface area contributed by atoms with Crippen LogP contribution in [0, 0.1) is 5.82 Å². The molecule has 1 aromatic carbocycles. The van der Waals surface area contributed by atoms with E-state index < -0.39 is 6.10 Å². The van der Waals surface area contributed by atoms with Gasteiger partial charge in [-0.1, -0.05) is 6.92 Å². The molecule has 0 saturated heterocycles. The van der Waals surface area contributed by atoms with Crippen molar-refractivity contribution in [2.75, 3.05) is 13.6 Å². The second-order valence-electron chi connectivity index (χ2n) is 4.73. The molecule has 4 nitrogen and oxygen atoms in total. The zero-order valence-electron chi connectivity index (χ0n) is 12.5. The molecule has 0 radical (unpaired) electrons. The first-order valence-corrected chi connectivity index (χ1v) is 6.90. The summed E-state index contributed by atoms with van der Waals surface area (Å²) in [5.41, 5.74) is 0.717. The van der Waals surface area contributed by atoms with E-state index >= 15 is 0 Å². The quantitative estimate of drug-likeness (QED) is 0.807. The van der Waals surface area contributed by atoms with E-state index in [2.05, 4.69) is 17.6 Å². The number of halogens is 1. The molecular formula is C15H23FN2O2. The van der Waals surface area contributed by atoms with Crippen molar-refractivity contribution in [3.8, 4) is 5.75 Å². The van der Waals surface area contributed by atoms with Crippen LogP contribution in [0.5, 0.6) is 5.75 Å². The Morgan fingerprint density at radius 3 is 2.70 bits per heavy atom. The van der Waals surface area contributed by atoms with Gasteiger partial charge in [-0.3, -0.25) is 4.79 Å². The van der Waals surface area contributed by atoms with Gasteiger partial charge in [-0.15, -0.1) is 0 Å². The van der Waals surface area contributed by atoms with Gasteiger partial charge in [0.05, 0.1) is 0 Å². The van der Waals surface area contributed by atoms with Crippen LogP contribution in [-0.2, 0) is 4.79 Å². The Hall–Kier alpha value is -1.62. The number of ether oxygens (including phenoxy) is 1. The minimum atomic E-state index is -0.623. The monoisotopic (exact) mass is 282 g/mol. The average Bonchev–Trinajstić information content (AvgIpc) is 2.45. The van der Waals surface area contributed by atoms with Gasteiger partial charge in [0.25, 0.3) is 5.91 Å². The molecule has 1 rings (SSSR count). The topological polar surface area (TPSA) is 50.4 Å². The summed E-state index contributed by atoms with van der Waals surface area (Å²) in [4.78, 5) is 11.5. The molecule has 0 bridgehead atoms. The van der Waals surface area contributed by atoms with Gasteiger partial charge in [0.2, 0.25) is 0 Å². The smallest absolute Gasteiger partial charge is 0.260 e. The number of benzene rings is 1. The van der Waals surface area contributed by atoms with E-state index in [1.807, 2.05) is 6.92 Å². The van der Waals surface area contributed by atoms with Gasteiger partial charge >= 0.3 is 0 Å². The summed E-state index contributed by atoms with van der Waals surface area (Å²) >= 11 is 0. The fourth-order valence-electron chi connectivity index (χ4n) is 1.88. The lowest BCUT2D eigenvalue weighted by molar-refractivity contribution is -0.126. The van der Waals surface area contributed by atoms with Crippen LogP contribution < -0.4 is 15.4 Å². The standard InChI is InChI=1S/C15H23FN2O2/c1-5-8-18-10(2)13-9-12(16)6-7-14(13)20-11(3)15(19)17-4/h6-7,9-11,18H,5,8H2,1-4H3,(H,17,19). The van der Waals surface area contributed by atoms with E-state index in [9.17, 15) is 9.18 Å². The van der Waals surface area contributed by atoms with Gasteiger partial charge in [-0.25, -0.2) is 4.39 Å². The number of hydrogen-bond donors (Lipinski definition) is 2. The highest BCUT2D eigenvalue weighted by atomic mass is 19.1. The molecule has 0 spiro atoms. The molecule has 112 valence electrons. The van der Waals surface area contributed by atoms with E-state index in [0.717, 1.165) is 13.0 Å². The highest BCUT2D eigenvalue weighted by molar-refractivity contribution is 5.80. The van der Waals surface area contributed by atoms with Crippen LogP contribution in [0.3, 0.4) is 0 Å². The summed E-state index contributed by atoms with van der Waals surface area (Å²) in [5.74, 6) is -0.00172. The van der Waals surface area contributed by atoms with Crippen molar-refractivity contribution in [3.63, 3.8) is 0 Å². The Kier molecular flexibility index (Phi) is 6.45. The van der Waals surface area contributed by atoms with Crippen molar-refractivity contribution in [1.82, 2.24) is 10.6 Å². The Morgan fingerprint density at radius 1 is 1.40 bits per heavy atom. The van der Waals surface area contributed by atoms with Crippen molar-refractivity contribution in [2.24, 2.45) is 0 Å². The molecule has 0 fully saturated rings. The van der Waals surface area contributed by atoms with Gasteiger partial charge in [-0.05, 0) is 45.0 Å². The van der Waals surface area contributed by atoms with E-state index in [0.29, 0.717) is 11.3 Å². The van der Waals surface area contributed by atoms with Crippen LogP contribution in [0.1, 0.15) is 38.8 Å². The summed E-state index contributed by atoms with van der Waals surface area (Å²) in [6, 6.07) is 4.30. The van der Waals surface area contributed by atoms with Crippen molar-refractivity contribution in [1.29, 1.82) is 0 Å². The molecule has 0 aromatic heterocycles. The molecule has 20 heavy (non-hydrogen) atoms. The Balaban J connectivity index is 2.92. The normalized spacial score (nSPS) is 13.7. The average molecular weight is 282 g/mol. The first-order valence-electron chi connectivity index (χ1n) is 6.90. The molecule has 0 saturated carbocycles. The first-order chi connectivity index (χ1) is 9.49. The second kappa shape index (κ2) is 7.85. The fourth-order valence-corrected chi connectivity index (χ4v) is 1.88. The highest BCUT2D eigenvalue weighted by Gasteiger charge is 2.18. The second-order valence-corrected chi connectivity index (χ2v) is 4.73. The molecule has 0 heterocycles. The van der Waals surface area contributed by atoms with E-state index in [-0.39, 0.29) is 17.8 Å². The SMILES string of the molecule is CCCNC(C)c1cc(F)ccc1OC(C)C(=O)NC. The third-order valence-corrected chi connectivity index (χ3v) is 3.06. The number of carbonyl (C=O) groups is 1. The predicted octanol–water partition coefficient (Wildman–Crippen LogP) is 2.40. The van der Waals surface area contributed by atoms with E-state index in [1.54, 1.807) is 20.0 Å². The van der Waals surface area contributed by atoms with Gasteiger partial charge in [0, 0.05) is 18.7 Å². The van der Waals surface area contributed by atoms with Crippen LogP contribution in [-0.4, -0.2) is 25.6 Å². The molecule has 0 aliphatic rings. The maximum atomic E-state index is 13.4. The zero-order valence-corrected chi connectivity index (χ0v) is 12.5. The van der Waals surface area contributed by atoms with E-state index in [1.165, 1.54) is 12.1 Å². The molecule has 1 amide bonds. The molecular weight excluding hydrogens is 259 g/mol. The highest BCUT2D eigenvalue weighted by Crippen LogP contribution is 2.27. The summed E-state index contributed by atoms with van der Waals surface area (Å²) in [6.07, 6.45) is 0.368. The maximum absolute atomic E-state index is 13.4. The van der Waals surface area contributed by atoms with Crippen LogP contribution >= 0.6 is 0 Å². The van der Waals surface area contributed by atoms with Gasteiger partial charge in [0.1, 0.15) is 11.6 Å². The summed E-state index contributed by atoms with van der Waals surface area (Å²) in [6.45, 7) is 6.51. The summed E-state index contributed by atoms with van der Waals surface area (Å²) in [5, 5.41) is 5.81. The first kappa shape index (κ1) is 16.4. The van der Waals surface area contributed by atoms with Gasteiger partial charge < -0.3 is 15.4 Å². The minimum absolute atomic E-state index is 0.0439. The van der Waals surface area contributed by atoms with Crippen LogP contribution in [0.25, 0.3) is 0 Å². The number of amides is 1. The fraction of sp³-hybridized carbons (Fsp3) is 0.533. The number of likely N-dealkylation sites (N-methyl/N-ethyl adjacent to an activating group) is 1. The van der Waals surface area contributed by atoms with Crippen molar-refractivity contribution in [3.05, 3.63) is 29.6 Å². The molecule has 0 aliphatic heterocycles. The van der Waals surface area contributed by atoms with Crippen LogP contribution in [0.2, 0.25) is 0 Å². The lowest BCUT2D eigenvalue weighted by Crippen LogP contribution is -2.34. The molecule has 0 aliphatic carbocycles. The predicted molar refractivity (Wildman–Crippen MR) is 77.3 cm³/mol. The molecule has 1 aromatic rings. The lowest BCUT2D eigenvalue weighted by atomic mass is 10.1. The number of hydrogen-bond acceptors (Lipinski definition) is 3. The molecule has 2 unspecified atom stereocenters. The largest absolute Gasteiger partial charge is 0.481 e. The van der Waals surface area contributed by atoms with E-state index in [4.69, 9.17) is 4.74 Å². The number of nitrogens with one attached hydrogen (secondary N) is 2. The van der Waals surface area contributed by atoms with Crippen molar-refractivity contribution in [2.45, 2.75) is 39.3 Å². The molecule has 5 heteroatoms. The Bertz CT molecular complexity index is 451. The molecule has 2 atom stereocenters. The number of carbonyl (C=O) groups excluding carboxylic acids is 1. The Labute approximate surface area is 119 Å². The zero-order chi connectivity index (χ0) is 15.1. The summed E-state index contributed by atoms with van der Waals surface area (Å²) < 4.78 is 19.1. The Morgan fingerprint density at radius 2 is 2.10 bits per heavy atom. The van der Waals surface area contributed by atoms with Gasteiger partial charge in [0.15, 0.2) is 6.10 Å². The minimum Gasteiger partial charge on any atom is -0.481 e. The van der Waals surface area contributed by atoms with Crippen LogP contribution in [0.15, 0.2) is 18.2 Å². The maximum Gasteiger partial charge on any atom is 0.260 e. The third-order valence-electron chi connectivity index (χ3n) is 3.06.